The predicted octanol–water partition coefficient (Wildman–Crippen LogP) is 6.89. The number of aliphatic imine (C=N–C) groups is 1. The van der Waals surface area contributed by atoms with Crippen LogP contribution in [0.2, 0.25) is 10.0 Å². The molecule has 0 spiro atoms. The standard InChI is InChI=1S/C24H15Cl2N3OS2/c1-14-2-4-15(5-3-14)21-19-12-17(26)8-11-20(19)31-23-22(29-21)24(28-13-27-23)32(30)18-9-6-16(25)7-10-18/h2-13H,1H3. The molecule has 1 aliphatic rings. The van der Waals surface area contributed by atoms with Crippen molar-refractivity contribution in [3.05, 3.63) is 99.8 Å². The minimum Gasteiger partial charge on any atom is -0.247 e. The Hall–Kier alpha value is -2.51. The van der Waals surface area contributed by atoms with Crippen LogP contribution < -0.4 is 0 Å². The molecular formula is C24H15Cl2N3OS2. The van der Waals surface area contributed by atoms with E-state index in [0.717, 1.165) is 27.3 Å². The van der Waals surface area contributed by atoms with Gasteiger partial charge in [-0.05, 0) is 49.4 Å². The molecule has 1 unspecified atom stereocenters. The second kappa shape index (κ2) is 8.79. The van der Waals surface area contributed by atoms with Crippen LogP contribution in [-0.2, 0) is 10.8 Å². The SMILES string of the molecule is Cc1ccc(C2=Nc3c(ncnc3S(=O)c3ccc(Cl)cc3)Sc3ccc(Cl)cc32)cc1. The van der Waals surface area contributed by atoms with E-state index in [0.29, 0.717) is 30.7 Å². The first-order chi connectivity index (χ1) is 15.5. The molecule has 4 aromatic rings. The predicted molar refractivity (Wildman–Crippen MR) is 130 cm³/mol. The third-order valence-electron chi connectivity index (χ3n) is 4.91. The van der Waals surface area contributed by atoms with Gasteiger partial charge in [-0.2, -0.15) is 0 Å². The number of halogens is 2. The zero-order valence-corrected chi connectivity index (χ0v) is 19.9. The molecule has 158 valence electrons. The quantitative estimate of drug-likeness (QED) is 0.255. The van der Waals surface area contributed by atoms with Crippen molar-refractivity contribution in [1.29, 1.82) is 0 Å². The van der Waals surface area contributed by atoms with Crippen LogP contribution in [0.5, 0.6) is 0 Å². The Morgan fingerprint density at radius 1 is 0.875 bits per heavy atom. The maximum atomic E-state index is 13.4. The van der Waals surface area contributed by atoms with Crippen molar-refractivity contribution in [2.45, 2.75) is 26.8 Å². The molecule has 0 radical (unpaired) electrons. The number of aromatic nitrogens is 2. The highest BCUT2D eigenvalue weighted by Crippen LogP contribution is 2.43. The molecule has 0 bridgehead atoms. The molecule has 5 rings (SSSR count). The fourth-order valence-corrected chi connectivity index (χ4v) is 5.69. The van der Waals surface area contributed by atoms with E-state index < -0.39 is 10.8 Å². The Kier molecular flexibility index (Phi) is 5.86. The summed E-state index contributed by atoms with van der Waals surface area (Å²) in [5.74, 6) is 0. The fourth-order valence-electron chi connectivity index (χ4n) is 3.31. The molecule has 32 heavy (non-hydrogen) atoms. The van der Waals surface area contributed by atoms with Crippen LogP contribution in [-0.4, -0.2) is 19.9 Å². The van der Waals surface area contributed by atoms with E-state index in [2.05, 4.69) is 9.97 Å². The van der Waals surface area contributed by atoms with Crippen molar-refractivity contribution in [1.82, 2.24) is 9.97 Å². The number of rotatable bonds is 3. The minimum atomic E-state index is -1.55. The lowest BCUT2D eigenvalue weighted by molar-refractivity contribution is 0.679. The van der Waals surface area contributed by atoms with Crippen molar-refractivity contribution in [3.8, 4) is 0 Å². The first-order valence-electron chi connectivity index (χ1n) is 9.65. The van der Waals surface area contributed by atoms with Crippen LogP contribution in [0.1, 0.15) is 16.7 Å². The smallest absolute Gasteiger partial charge is 0.162 e. The summed E-state index contributed by atoms with van der Waals surface area (Å²) >= 11 is 13.8. The first kappa shape index (κ1) is 21.3. The molecule has 3 aromatic carbocycles. The largest absolute Gasteiger partial charge is 0.247 e. The molecular weight excluding hydrogens is 481 g/mol. The molecule has 0 N–H and O–H groups in total. The van der Waals surface area contributed by atoms with Gasteiger partial charge < -0.3 is 0 Å². The molecule has 1 atom stereocenters. The first-order valence-corrected chi connectivity index (χ1v) is 12.4. The van der Waals surface area contributed by atoms with E-state index in [1.807, 2.05) is 49.4 Å². The lowest BCUT2D eigenvalue weighted by Crippen LogP contribution is -2.05. The van der Waals surface area contributed by atoms with E-state index >= 15 is 0 Å². The van der Waals surface area contributed by atoms with Crippen molar-refractivity contribution in [2.75, 3.05) is 0 Å². The second-order valence-corrected chi connectivity index (χ2v) is 10.4. The summed E-state index contributed by atoms with van der Waals surface area (Å²) in [6.45, 7) is 2.04. The molecule has 0 fully saturated rings. The topological polar surface area (TPSA) is 55.2 Å². The zero-order valence-electron chi connectivity index (χ0n) is 16.8. The van der Waals surface area contributed by atoms with Crippen LogP contribution in [0.3, 0.4) is 0 Å². The van der Waals surface area contributed by atoms with Crippen LogP contribution in [0.4, 0.5) is 5.69 Å². The molecule has 0 saturated carbocycles. The summed E-state index contributed by atoms with van der Waals surface area (Å²) in [6.07, 6.45) is 1.43. The Morgan fingerprint density at radius 2 is 1.59 bits per heavy atom. The molecule has 1 aromatic heterocycles. The fraction of sp³-hybridized carbons (Fsp3) is 0.0417. The highest BCUT2D eigenvalue weighted by atomic mass is 35.5. The van der Waals surface area contributed by atoms with Crippen LogP contribution >= 0.6 is 35.0 Å². The van der Waals surface area contributed by atoms with Crippen LogP contribution in [0.25, 0.3) is 0 Å². The van der Waals surface area contributed by atoms with E-state index in [9.17, 15) is 4.21 Å². The van der Waals surface area contributed by atoms with Gasteiger partial charge in [0.05, 0.1) is 5.71 Å². The summed E-state index contributed by atoms with van der Waals surface area (Å²) in [6, 6.07) is 20.7. The number of hydrogen-bond acceptors (Lipinski definition) is 5. The summed E-state index contributed by atoms with van der Waals surface area (Å²) in [5.41, 5.74) is 4.20. The Morgan fingerprint density at radius 3 is 2.34 bits per heavy atom. The molecule has 8 heteroatoms. The average Bonchev–Trinajstić information content (AvgIpc) is 2.96. The monoisotopic (exact) mass is 495 g/mol. The molecule has 2 heterocycles. The van der Waals surface area contributed by atoms with Gasteiger partial charge in [-0.1, -0.05) is 64.8 Å². The van der Waals surface area contributed by atoms with Gasteiger partial charge in [0.1, 0.15) is 27.8 Å². The van der Waals surface area contributed by atoms with Crippen LogP contribution in [0, 0.1) is 6.92 Å². The average molecular weight is 496 g/mol. The Labute approximate surface area is 202 Å². The summed E-state index contributed by atoms with van der Waals surface area (Å²) < 4.78 is 13.4. The summed E-state index contributed by atoms with van der Waals surface area (Å²) in [4.78, 5) is 15.4. The number of hydrogen-bond donors (Lipinski definition) is 0. The lowest BCUT2D eigenvalue weighted by atomic mass is 10.0. The third kappa shape index (κ3) is 4.11. The van der Waals surface area contributed by atoms with Gasteiger partial charge in [-0.25, -0.2) is 19.2 Å². The van der Waals surface area contributed by atoms with E-state index in [4.69, 9.17) is 28.2 Å². The minimum absolute atomic E-state index is 0.355. The van der Waals surface area contributed by atoms with Gasteiger partial charge in [-0.3, -0.25) is 0 Å². The number of benzene rings is 3. The van der Waals surface area contributed by atoms with Crippen molar-refractivity contribution in [2.24, 2.45) is 4.99 Å². The van der Waals surface area contributed by atoms with Gasteiger partial charge in [0.2, 0.25) is 0 Å². The van der Waals surface area contributed by atoms with Gasteiger partial charge in [0.15, 0.2) is 5.03 Å². The third-order valence-corrected chi connectivity index (χ3v) is 7.82. The van der Waals surface area contributed by atoms with Crippen molar-refractivity contribution >= 4 is 57.2 Å². The van der Waals surface area contributed by atoms with E-state index in [-0.39, 0.29) is 0 Å². The Bertz CT molecular complexity index is 1390. The normalized spacial score (nSPS) is 13.5. The molecule has 0 saturated heterocycles. The lowest BCUT2D eigenvalue weighted by Gasteiger charge is -2.10. The van der Waals surface area contributed by atoms with Gasteiger partial charge in [0.25, 0.3) is 0 Å². The maximum Gasteiger partial charge on any atom is 0.162 e. The second-order valence-electron chi connectivity index (χ2n) is 7.12. The number of fused-ring (bicyclic) bond motifs is 2. The summed E-state index contributed by atoms with van der Waals surface area (Å²) in [7, 11) is -1.55. The summed E-state index contributed by atoms with van der Waals surface area (Å²) in [5, 5.41) is 2.19. The van der Waals surface area contributed by atoms with E-state index in [1.54, 1.807) is 24.3 Å². The van der Waals surface area contributed by atoms with Gasteiger partial charge >= 0.3 is 0 Å². The molecule has 4 nitrogen and oxygen atoms in total. The van der Waals surface area contributed by atoms with Crippen molar-refractivity contribution in [3.63, 3.8) is 0 Å². The van der Waals surface area contributed by atoms with E-state index in [1.165, 1.54) is 18.1 Å². The zero-order chi connectivity index (χ0) is 22.2. The molecule has 1 aliphatic heterocycles. The van der Waals surface area contributed by atoms with Crippen molar-refractivity contribution < 1.29 is 4.21 Å². The molecule has 0 amide bonds. The van der Waals surface area contributed by atoms with Gasteiger partial charge in [0, 0.05) is 31.0 Å². The highest BCUT2D eigenvalue weighted by molar-refractivity contribution is 7.99. The highest BCUT2D eigenvalue weighted by Gasteiger charge is 2.25. The Balaban J connectivity index is 1.74. The number of aryl methyl sites for hydroxylation is 1. The molecule has 0 aliphatic carbocycles. The van der Waals surface area contributed by atoms with Crippen LogP contribution in [0.15, 0.2) is 97.9 Å². The maximum absolute atomic E-state index is 13.4. The number of nitrogens with zero attached hydrogens (tertiary/aromatic N) is 3. The van der Waals surface area contributed by atoms with Gasteiger partial charge in [-0.15, -0.1) is 0 Å².